The van der Waals surface area contributed by atoms with Crippen LogP contribution in [0.25, 0.3) is 22.3 Å². The molecule has 2 N–H and O–H groups in total. The lowest BCUT2D eigenvalue weighted by molar-refractivity contribution is -0.142. The summed E-state index contributed by atoms with van der Waals surface area (Å²) in [7, 11) is 0. The first-order valence-corrected chi connectivity index (χ1v) is 12.8. The Morgan fingerprint density at radius 2 is 1.73 bits per heavy atom. The number of nitrogens with one attached hydrogen (secondary N) is 1. The molecule has 0 aliphatic rings. The number of carboxylic acid groups (broad SMARTS) is 1. The predicted molar refractivity (Wildman–Crippen MR) is 144 cm³/mol. The molecule has 0 fully saturated rings. The zero-order valence-corrected chi connectivity index (χ0v) is 20.9. The van der Waals surface area contributed by atoms with Crippen molar-refractivity contribution >= 4 is 16.9 Å². The molecule has 0 radical (unpaired) electrons. The quantitative estimate of drug-likeness (QED) is 0.226. The minimum absolute atomic E-state index is 0.136. The van der Waals surface area contributed by atoms with Crippen molar-refractivity contribution in [3.05, 3.63) is 102 Å². The van der Waals surface area contributed by atoms with Crippen LogP contribution in [0.3, 0.4) is 0 Å². The van der Waals surface area contributed by atoms with Crippen LogP contribution >= 0.6 is 0 Å². The molecule has 0 amide bonds. The van der Waals surface area contributed by atoms with Gasteiger partial charge in [0.2, 0.25) is 5.82 Å². The van der Waals surface area contributed by atoms with E-state index < -0.39 is 12.0 Å². The number of hydrogen-bond donors (Lipinski definition) is 2. The molecule has 0 saturated heterocycles. The SMILES string of the molecule is CCCC(CC(Cc1ccccc1)C(C(=O)O)n1ccc2ccccc21)c1ccccc1-c1nn[nH]n1. The molecule has 3 atom stereocenters. The first kappa shape index (κ1) is 24.4. The Kier molecular flexibility index (Phi) is 7.40. The number of H-pyrrole nitrogens is 1. The van der Waals surface area contributed by atoms with E-state index >= 15 is 0 Å². The lowest BCUT2D eigenvalue weighted by atomic mass is 9.78. The number of nitrogens with zero attached hydrogens (tertiary/aromatic N) is 4. The second-order valence-corrected chi connectivity index (χ2v) is 9.56. The zero-order chi connectivity index (χ0) is 25.6. The Labute approximate surface area is 216 Å². The zero-order valence-electron chi connectivity index (χ0n) is 20.9. The molecular formula is C30H31N5O2. The molecule has 0 bridgehead atoms. The molecule has 0 saturated carbocycles. The van der Waals surface area contributed by atoms with E-state index in [9.17, 15) is 9.90 Å². The third kappa shape index (κ3) is 5.31. The third-order valence-electron chi connectivity index (χ3n) is 7.18. The number of tetrazole rings is 1. The van der Waals surface area contributed by atoms with Gasteiger partial charge in [-0.3, -0.25) is 0 Å². The Morgan fingerprint density at radius 1 is 0.973 bits per heavy atom. The van der Waals surface area contributed by atoms with Crippen molar-refractivity contribution < 1.29 is 9.90 Å². The maximum Gasteiger partial charge on any atom is 0.326 e. The van der Waals surface area contributed by atoms with Gasteiger partial charge in [0.1, 0.15) is 6.04 Å². The summed E-state index contributed by atoms with van der Waals surface area (Å²) in [6, 6.07) is 27.6. The van der Waals surface area contributed by atoms with Crippen molar-refractivity contribution in [3.63, 3.8) is 0 Å². The van der Waals surface area contributed by atoms with E-state index in [0.29, 0.717) is 18.7 Å². The number of carboxylic acids is 1. The highest BCUT2D eigenvalue weighted by molar-refractivity contribution is 5.83. The van der Waals surface area contributed by atoms with Gasteiger partial charge in [-0.05, 0) is 65.0 Å². The molecule has 0 spiro atoms. The van der Waals surface area contributed by atoms with Crippen molar-refractivity contribution in [1.29, 1.82) is 0 Å². The summed E-state index contributed by atoms with van der Waals surface area (Å²) in [5.74, 6) is -0.269. The first-order chi connectivity index (χ1) is 18.2. The Hall–Kier alpha value is -4.26. The highest BCUT2D eigenvalue weighted by Gasteiger charge is 2.33. The van der Waals surface area contributed by atoms with Gasteiger partial charge in [-0.1, -0.05) is 86.1 Å². The minimum atomic E-state index is -0.816. The molecule has 0 aliphatic heterocycles. The first-order valence-electron chi connectivity index (χ1n) is 12.8. The van der Waals surface area contributed by atoms with Crippen LogP contribution in [0.4, 0.5) is 0 Å². The van der Waals surface area contributed by atoms with Crippen molar-refractivity contribution in [1.82, 2.24) is 25.2 Å². The summed E-state index contributed by atoms with van der Waals surface area (Å²) in [6.45, 7) is 2.17. The number of rotatable bonds is 11. The molecule has 37 heavy (non-hydrogen) atoms. The molecule has 5 aromatic rings. The molecule has 2 heterocycles. The molecule has 2 aromatic heterocycles. The van der Waals surface area contributed by atoms with Gasteiger partial charge >= 0.3 is 5.97 Å². The Balaban J connectivity index is 1.58. The molecule has 188 valence electrons. The highest BCUT2D eigenvalue weighted by atomic mass is 16.4. The topological polar surface area (TPSA) is 96.7 Å². The Bertz CT molecular complexity index is 1450. The molecular weight excluding hydrogens is 462 g/mol. The van der Waals surface area contributed by atoms with E-state index in [1.165, 1.54) is 0 Å². The van der Waals surface area contributed by atoms with E-state index in [4.69, 9.17) is 0 Å². The van der Waals surface area contributed by atoms with E-state index in [2.05, 4.69) is 45.7 Å². The fourth-order valence-electron chi connectivity index (χ4n) is 5.58. The van der Waals surface area contributed by atoms with Crippen LogP contribution in [0.15, 0.2) is 91.1 Å². The van der Waals surface area contributed by atoms with Crippen LogP contribution in [-0.2, 0) is 11.2 Å². The van der Waals surface area contributed by atoms with Crippen molar-refractivity contribution in [2.24, 2.45) is 5.92 Å². The second-order valence-electron chi connectivity index (χ2n) is 9.56. The monoisotopic (exact) mass is 493 g/mol. The van der Waals surface area contributed by atoms with Crippen LogP contribution in [0.5, 0.6) is 0 Å². The van der Waals surface area contributed by atoms with Gasteiger partial charge in [-0.25, -0.2) is 4.79 Å². The number of carbonyl (C=O) groups is 1. The number of fused-ring (bicyclic) bond motifs is 1. The van der Waals surface area contributed by atoms with Crippen LogP contribution in [-0.4, -0.2) is 36.3 Å². The summed E-state index contributed by atoms with van der Waals surface area (Å²) in [5.41, 5.74) is 4.14. The van der Waals surface area contributed by atoms with Gasteiger partial charge in [0, 0.05) is 17.3 Å². The van der Waals surface area contributed by atoms with Crippen LogP contribution < -0.4 is 0 Å². The molecule has 7 nitrogen and oxygen atoms in total. The van der Waals surface area contributed by atoms with Crippen LogP contribution in [0.1, 0.15) is 49.3 Å². The summed E-state index contributed by atoms with van der Waals surface area (Å²) in [4.78, 5) is 12.9. The third-order valence-corrected chi connectivity index (χ3v) is 7.18. The number of aromatic amines is 1. The lowest BCUT2D eigenvalue weighted by Gasteiger charge is -2.30. The van der Waals surface area contributed by atoms with Gasteiger partial charge in [0.25, 0.3) is 0 Å². The average molecular weight is 494 g/mol. The summed E-state index contributed by atoms with van der Waals surface area (Å²) in [5, 5.41) is 26.4. The largest absolute Gasteiger partial charge is 0.480 e. The fourth-order valence-corrected chi connectivity index (χ4v) is 5.58. The maximum absolute atomic E-state index is 12.9. The van der Waals surface area contributed by atoms with E-state index in [1.807, 2.05) is 77.5 Å². The minimum Gasteiger partial charge on any atom is -0.480 e. The maximum atomic E-state index is 12.9. The predicted octanol–water partition coefficient (Wildman–Crippen LogP) is 6.28. The normalized spacial score (nSPS) is 13.9. The van der Waals surface area contributed by atoms with Gasteiger partial charge < -0.3 is 9.67 Å². The van der Waals surface area contributed by atoms with Gasteiger partial charge in [0.05, 0.1) is 0 Å². The lowest BCUT2D eigenvalue weighted by Crippen LogP contribution is -2.30. The van der Waals surface area contributed by atoms with Crippen molar-refractivity contribution in [3.8, 4) is 11.4 Å². The number of benzene rings is 3. The molecule has 7 heteroatoms. The number of hydrogen-bond acceptors (Lipinski definition) is 4. The van der Waals surface area contributed by atoms with Crippen molar-refractivity contribution in [2.75, 3.05) is 0 Å². The summed E-state index contributed by atoms with van der Waals surface area (Å²) >= 11 is 0. The second kappa shape index (κ2) is 11.2. The van der Waals surface area contributed by atoms with E-state index in [-0.39, 0.29) is 11.8 Å². The highest BCUT2D eigenvalue weighted by Crippen LogP contribution is 2.39. The molecule has 0 aliphatic carbocycles. The van der Waals surface area contributed by atoms with Gasteiger partial charge in [-0.15, -0.1) is 10.2 Å². The van der Waals surface area contributed by atoms with E-state index in [0.717, 1.165) is 40.4 Å². The summed E-state index contributed by atoms with van der Waals surface area (Å²) in [6.07, 6.45) is 5.20. The summed E-state index contributed by atoms with van der Waals surface area (Å²) < 4.78 is 1.94. The smallest absolute Gasteiger partial charge is 0.326 e. The van der Waals surface area contributed by atoms with Crippen LogP contribution in [0.2, 0.25) is 0 Å². The molecule has 3 aromatic carbocycles. The van der Waals surface area contributed by atoms with Crippen LogP contribution in [0, 0.1) is 5.92 Å². The van der Waals surface area contributed by atoms with Gasteiger partial charge in [-0.2, -0.15) is 5.21 Å². The Morgan fingerprint density at radius 3 is 2.49 bits per heavy atom. The number of aliphatic carboxylic acids is 1. The standard InChI is InChI=1S/C30H31N5O2/c1-2-10-23(25-14-7-8-15-26(25)29-31-33-34-32-29)20-24(19-21-11-4-3-5-12-21)28(30(36)37)35-18-17-22-13-6-9-16-27(22)35/h3-9,11-18,23-24,28H,2,10,19-20H2,1H3,(H,36,37)(H,31,32,33,34). The molecule has 5 rings (SSSR count). The van der Waals surface area contributed by atoms with E-state index in [1.54, 1.807) is 0 Å². The number of aromatic nitrogens is 5. The molecule has 3 unspecified atom stereocenters. The number of para-hydroxylation sites is 1. The van der Waals surface area contributed by atoms with Gasteiger partial charge in [0.15, 0.2) is 0 Å². The average Bonchev–Trinajstić information content (AvgIpc) is 3.60. The van der Waals surface area contributed by atoms with Crippen molar-refractivity contribution in [2.45, 2.75) is 44.6 Å². The fraction of sp³-hybridized carbons (Fsp3) is 0.267.